The topological polar surface area (TPSA) is 81.8 Å². The smallest absolute Gasteiger partial charge is 0.409 e. The van der Waals surface area contributed by atoms with Crippen molar-refractivity contribution in [3.8, 4) is 5.75 Å². The number of rotatable bonds is 4. The van der Waals surface area contributed by atoms with Crippen molar-refractivity contribution < 1.29 is 14.3 Å². The zero-order valence-corrected chi connectivity index (χ0v) is 11.2. The van der Waals surface area contributed by atoms with E-state index in [9.17, 15) is 9.59 Å². The van der Waals surface area contributed by atoms with E-state index in [4.69, 9.17) is 10.5 Å². The first-order chi connectivity index (χ1) is 10.1. The lowest BCUT2D eigenvalue weighted by atomic mass is 10.1. The Balaban J connectivity index is 1.95. The van der Waals surface area contributed by atoms with Gasteiger partial charge in [0.1, 0.15) is 11.6 Å². The van der Waals surface area contributed by atoms with Crippen LogP contribution in [0.5, 0.6) is 5.75 Å². The highest BCUT2D eigenvalue weighted by atomic mass is 16.5. The fraction of sp³-hybridized carbons (Fsp3) is 0.0625. The molecule has 0 aromatic heterocycles. The average molecular weight is 282 g/mol. The van der Waals surface area contributed by atoms with E-state index in [-0.39, 0.29) is 18.0 Å². The highest BCUT2D eigenvalue weighted by Crippen LogP contribution is 2.09. The van der Waals surface area contributed by atoms with Crippen LogP contribution in [-0.2, 0) is 0 Å². The fourth-order valence-corrected chi connectivity index (χ4v) is 1.66. The number of ether oxygens (including phenoxy) is 1. The monoisotopic (exact) mass is 282 g/mol. The van der Waals surface area contributed by atoms with Gasteiger partial charge in [0.15, 0.2) is 5.78 Å². The Labute approximate surface area is 122 Å². The molecule has 0 heterocycles. The van der Waals surface area contributed by atoms with Crippen LogP contribution >= 0.6 is 0 Å². The van der Waals surface area contributed by atoms with Gasteiger partial charge in [-0.2, -0.15) is 4.99 Å². The molecule has 2 N–H and O–H groups in total. The maximum atomic E-state index is 11.9. The highest BCUT2D eigenvalue weighted by molar-refractivity contribution is 6.10. The van der Waals surface area contributed by atoms with Gasteiger partial charge in [0.05, 0.1) is 6.42 Å². The lowest BCUT2D eigenvalue weighted by Gasteiger charge is -2.02. The number of carbonyl (C=O) groups excluding carboxylic acids is 2. The maximum absolute atomic E-state index is 11.9. The third kappa shape index (κ3) is 4.58. The van der Waals surface area contributed by atoms with Gasteiger partial charge in [0.25, 0.3) is 0 Å². The molecule has 0 spiro atoms. The number of aliphatic imine (C=N–C) groups is 1. The molecule has 0 saturated carbocycles. The van der Waals surface area contributed by atoms with Crippen molar-refractivity contribution in [2.75, 3.05) is 0 Å². The number of nitrogens with two attached hydrogens (primary N) is 1. The Bertz CT molecular complexity index is 652. The molecule has 21 heavy (non-hydrogen) atoms. The Morgan fingerprint density at radius 2 is 1.52 bits per heavy atom. The SMILES string of the molecule is NC(CC(=O)c1ccccc1)=NC(=O)Oc1ccccc1. The molecule has 5 heteroatoms. The summed E-state index contributed by atoms with van der Waals surface area (Å²) in [7, 11) is 0. The lowest BCUT2D eigenvalue weighted by molar-refractivity contribution is 0.100. The molecule has 1 amide bonds. The molecule has 106 valence electrons. The number of carbonyl (C=O) groups is 2. The third-order valence-corrected chi connectivity index (χ3v) is 2.62. The van der Waals surface area contributed by atoms with Gasteiger partial charge in [-0.25, -0.2) is 4.79 Å². The number of hydrogen-bond acceptors (Lipinski definition) is 3. The first-order valence-corrected chi connectivity index (χ1v) is 6.33. The first-order valence-electron chi connectivity index (χ1n) is 6.33. The van der Waals surface area contributed by atoms with Gasteiger partial charge in [0.2, 0.25) is 0 Å². The van der Waals surface area contributed by atoms with Crippen molar-refractivity contribution in [1.82, 2.24) is 0 Å². The minimum Gasteiger partial charge on any atom is -0.409 e. The number of ketones is 1. The molecule has 0 bridgehead atoms. The second kappa shape index (κ2) is 7.00. The summed E-state index contributed by atoms with van der Waals surface area (Å²) in [4.78, 5) is 27.0. The van der Waals surface area contributed by atoms with Crippen LogP contribution in [0.25, 0.3) is 0 Å². The number of amidine groups is 1. The Morgan fingerprint density at radius 3 is 2.14 bits per heavy atom. The van der Waals surface area contributed by atoms with Crippen molar-refractivity contribution >= 4 is 17.7 Å². The summed E-state index contributed by atoms with van der Waals surface area (Å²) in [5.74, 6) is 0.0857. The molecule has 0 aliphatic carbocycles. The standard InChI is InChI=1S/C16H14N2O3/c17-15(11-14(19)12-7-3-1-4-8-12)18-16(20)21-13-9-5-2-6-10-13/h1-10H,11H2,(H2,17,18,20). The van der Waals surface area contributed by atoms with E-state index < -0.39 is 6.09 Å². The third-order valence-electron chi connectivity index (χ3n) is 2.62. The number of hydrogen-bond donors (Lipinski definition) is 1. The van der Waals surface area contributed by atoms with Crippen molar-refractivity contribution in [3.63, 3.8) is 0 Å². The average Bonchev–Trinajstić information content (AvgIpc) is 2.48. The normalized spacial score (nSPS) is 11.0. The lowest BCUT2D eigenvalue weighted by Crippen LogP contribution is -2.20. The van der Waals surface area contributed by atoms with Crippen LogP contribution in [-0.4, -0.2) is 17.7 Å². The van der Waals surface area contributed by atoms with Gasteiger partial charge in [-0.15, -0.1) is 0 Å². The molecular formula is C16H14N2O3. The second-order valence-corrected chi connectivity index (χ2v) is 4.25. The summed E-state index contributed by atoms with van der Waals surface area (Å²) in [6, 6.07) is 17.2. The first kappa shape index (κ1) is 14.5. The van der Waals surface area contributed by atoms with Crippen molar-refractivity contribution in [1.29, 1.82) is 0 Å². The van der Waals surface area contributed by atoms with Crippen LogP contribution in [0.15, 0.2) is 65.7 Å². The summed E-state index contributed by atoms with van der Waals surface area (Å²) in [5, 5.41) is 0. The van der Waals surface area contributed by atoms with E-state index in [0.717, 1.165) is 0 Å². The van der Waals surface area contributed by atoms with Crippen molar-refractivity contribution in [3.05, 3.63) is 66.2 Å². The number of nitrogens with zero attached hydrogens (tertiary/aromatic N) is 1. The molecule has 0 unspecified atom stereocenters. The number of amides is 1. The number of Topliss-reactive ketones (excluding diaryl/α,β-unsaturated/α-hetero) is 1. The molecular weight excluding hydrogens is 268 g/mol. The predicted octanol–water partition coefficient (Wildman–Crippen LogP) is 2.82. The Morgan fingerprint density at radius 1 is 0.952 bits per heavy atom. The quantitative estimate of drug-likeness (QED) is 0.531. The molecule has 5 nitrogen and oxygen atoms in total. The molecule has 0 radical (unpaired) electrons. The molecule has 2 aromatic carbocycles. The fourth-order valence-electron chi connectivity index (χ4n) is 1.66. The zero-order chi connectivity index (χ0) is 15.1. The molecule has 0 saturated heterocycles. The van der Waals surface area contributed by atoms with Gasteiger partial charge in [0, 0.05) is 5.56 Å². The van der Waals surface area contributed by atoms with Crippen LogP contribution in [0.4, 0.5) is 4.79 Å². The van der Waals surface area contributed by atoms with E-state index >= 15 is 0 Å². The second-order valence-electron chi connectivity index (χ2n) is 4.25. The highest BCUT2D eigenvalue weighted by Gasteiger charge is 2.10. The minimum atomic E-state index is -0.848. The van der Waals surface area contributed by atoms with Gasteiger partial charge in [-0.3, -0.25) is 4.79 Å². The Hall–Kier alpha value is -2.95. The zero-order valence-electron chi connectivity index (χ0n) is 11.2. The number of benzene rings is 2. The van der Waals surface area contributed by atoms with Crippen LogP contribution in [0.3, 0.4) is 0 Å². The molecule has 0 atom stereocenters. The predicted molar refractivity (Wildman–Crippen MR) is 79.5 cm³/mol. The number of para-hydroxylation sites is 1. The van der Waals surface area contributed by atoms with Gasteiger partial charge in [-0.1, -0.05) is 48.5 Å². The van der Waals surface area contributed by atoms with E-state index in [0.29, 0.717) is 11.3 Å². The van der Waals surface area contributed by atoms with E-state index in [2.05, 4.69) is 4.99 Å². The largest absolute Gasteiger partial charge is 0.440 e. The van der Waals surface area contributed by atoms with Gasteiger partial charge < -0.3 is 10.5 Å². The summed E-state index contributed by atoms with van der Waals surface area (Å²) in [5.41, 5.74) is 6.12. The van der Waals surface area contributed by atoms with Crippen LogP contribution < -0.4 is 10.5 Å². The van der Waals surface area contributed by atoms with Gasteiger partial charge in [-0.05, 0) is 12.1 Å². The van der Waals surface area contributed by atoms with E-state index in [1.54, 1.807) is 54.6 Å². The summed E-state index contributed by atoms with van der Waals surface area (Å²) < 4.78 is 4.95. The molecule has 0 aliphatic heterocycles. The van der Waals surface area contributed by atoms with Crippen LogP contribution in [0.1, 0.15) is 16.8 Å². The Kier molecular flexibility index (Phi) is 4.82. The van der Waals surface area contributed by atoms with Crippen LogP contribution in [0.2, 0.25) is 0 Å². The summed E-state index contributed by atoms with van der Waals surface area (Å²) in [6.45, 7) is 0. The summed E-state index contributed by atoms with van der Waals surface area (Å²) >= 11 is 0. The molecule has 0 fully saturated rings. The molecule has 0 aliphatic rings. The van der Waals surface area contributed by atoms with E-state index in [1.807, 2.05) is 6.07 Å². The molecule has 2 aromatic rings. The van der Waals surface area contributed by atoms with Crippen molar-refractivity contribution in [2.24, 2.45) is 10.7 Å². The molecule has 2 rings (SSSR count). The summed E-state index contributed by atoms with van der Waals surface area (Å²) in [6.07, 6.45) is -0.979. The van der Waals surface area contributed by atoms with Gasteiger partial charge >= 0.3 is 6.09 Å². The van der Waals surface area contributed by atoms with Crippen LogP contribution in [0, 0.1) is 0 Å². The van der Waals surface area contributed by atoms with E-state index in [1.165, 1.54) is 0 Å². The van der Waals surface area contributed by atoms with Crippen molar-refractivity contribution in [2.45, 2.75) is 6.42 Å². The maximum Gasteiger partial charge on any atom is 0.440 e. The minimum absolute atomic E-state index is 0.0789.